The Morgan fingerprint density at radius 2 is 1.86 bits per heavy atom. The van der Waals surface area contributed by atoms with Crippen molar-refractivity contribution >= 4 is 5.97 Å². The number of benzene rings is 2. The third kappa shape index (κ3) is 4.23. The van der Waals surface area contributed by atoms with Crippen LogP contribution in [0.5, 0.6) is 0 Å². The van der Waals surface area contributed by atoms with Crippen LogP contribution >= 0.6 is 0 Å². The SMILES string of the molecule is C[C@@H](C(=O)OCc1ccccc1)[C@](O)(Cn1cnnc1)c1ccc(F)cc1F. The van der Waals surface area contributed by atoms with Gasteiger partial charge in [-0.2, -0.15) is 0 Å². The molecule has 1 heterocycles. The number of ether oxygens (including phenoxy) is 1. The second-order valence-electron chi connectivity index (χ2n) is 6.50. The molecule has 8 heteroatoms. The van der Waals surface area contributed by atoms with Crippen LogP contribution in [0.25, 0.3) is 0 Å². The Kier molecular flexibility index (Phi) is 5.79. The zero-order valence-electron chi connectivity index (χ0n) is 15.1. The molecule has 0 bridgehead atoms. The van der Waals surface area contributed by atoms with E-state index in [4.69, 9.17) is 4.74 Å². The van der Waals surface area contributed by atoms with Gasteiger partial charge in [0, 0.05) is 11.6 Å². The summed E-state index contributed by atoms with van der Waals surface area (Å²) in [5, 5.41) is 18.6. The van der Waals surface area contributed by atoms with E-state index in [0.717, 1.165) is 17.7 Å². The Morgan fingerprint density at radius 1 is 1.18 bits per heavy atom. The van der Waals surface area contributed by atoms with E-state index in [0.29, 0.717) is 6.07 Å². The van der Waals surface area contributed by atoms with Gasteiger partial charge >= 0.3 is 5.97 Å². The summed E-state index contributed by atoms with van der Waals surface area (Å²) in [5.74, 6) is -3.62. The van der Waals surface area contributed by atoms with Crippen molar-refractivity contribution in [3.8, 4) is 0 Å². The average molecular weight is 387 g/mol. The molecule has 0 spiro atoms. The number of nitrogens with zero attached hydrogens (tertiary/aromatic N) is 3. The van der Waals surface area contributed by atoms with Gasteiger partial charge in [0.25, 0.3) is 0 Å². The highest BCUT2D eigenvalue weighted by Gasteiger charge is 2.43. The average Bonchev–Trinajstić information content (AvgIpc) is 3.18. The summed E-state index contributed by atoms with van der Waals surface area (Å²) in [5.41, 5.74) is -1.45. The van der Waals surface area contributed by atoms with Gasteiger partial charge in [-0.15, -0.1) is 10.2 Å². The van der Waals surface area contributed by atoms with Gasteiger partial charge in [-0.3, -0.25) is 4.79 Å². The lowest BCUT2D eigenvalue weighted by Crippen LogP contribution is -2.43. The molecule has 1 aromatic heterocycles. The minimum Gasteiger partial charge on any atom is -0.461 e. The van der Waals surface area contributed by atoms with E-state index >= 15 is 0 Å². The molecule has 3 aromatic rings. The molecule has 146 valence electrons. The van der Waals surface area contributed by atoms with Crippen LogP contribution in [0.2, 0.25) is 0 Å². The van der Waals surface area contributed by atoms with Crippen LogP contribution in [0.3, 0.4) is 0 Å². The summed E-state index contributed by atoms with van der Waals surface area (Å²) in [6.45, 7) is 1.23. The molecule has 0 aliphatic carbocycles. The minimum atomic E-state index is -2.01. The van der Waals surface area contributed by atoms with Crippen LogP contribution in [-0.2, 0) is 28.3 Å². The van der Waals surface area contributed by atoms with Crippen LogP contribution in [0.15, 0.2) is 61.2 Å². The van der Waals surface area contributed by atoms with Crippen molar-refractivity contribution in [3.63, 3.8) is 0 Å². The second-order valence-corrected chi connectivity index (χ2v) is 6.50. The summed E-state index contributed by atoms with van der Waals surface area (Å²) in [6.07, 6.45) is 2.66. The molecule has 0 aliphatic rings. The van der Waals surface area contributed by atoms with E-state index in [1.165, 1.54) is 24.1 Å². The molecule has 0 saturated heterocycles. The molecule has 0 aliphatic heterocycles. The predicted molar refractivity (Wildman–Crippen MR) is 95.7 cm³/mol. The van der Waals surface area contributed by atoms with Gasteiger partial charge in [-0.05, 0) is 18.6 Å². The first kappa shape index (κ1) is 19.6. The molecular weight excluding hydrogens is 368 g/mol. The molecular formula is C20H19F2N3O3. The smallest absolute Gasteiger partial charge is 0.312 e. The molecule has 3 rings (SSSR count). The van der Waals surface area contributed by atoms with Crippen molar-refractivity contribution in [2.75, 3.05) is 0 Å². The normalized spacial score (nSPS) is 14.3. The third-order valence-electron chi connectivity index (χ3n) is 4.58. The maximum Gasteiger partial charge on any atom is 0.312 e. The first-order chi connectivity index (χ1) is 13.4. The summed E-state index contributed by atoms with van der Waals surface area (Å²) in [4.78, 5) is 12.6. The van der Waals surface area contributed by atoms with Crippen LogP contribution in [0.1, 0.15) is 18.1 Å². The fraction of sp³-hybridized carbons (Fsp3) is 0.250. The number of esters is 1. The van der Waals surface area contributed by atoms with Gasteiger partial charge in [-0.25, -0.2) is 8.78 Å². The van der Waals surface area contributed by atoms with E-state index in [9.17, 15) is 18.7 Å². The molecule has 2 atom stereocenters. The van der Waals surface area contributed by atoms with Crippen molar-refractivity contribution in [2.45, 2.75) is 25.7 Å². The Labute approximate surface area is 160 Å². The largest absolute Gasteiger partial charge is 0.461 e. The second kappa shape index (κ2) is 8.26. The highest BCUT2D eigenvalue weighted by Crippen LogP contribution is 2.34. The predicted octanol–water partition coefficient (Wildman–Crippen LogP) is 2.82. The van der Waals surface area contributed by atoms with Gasteiger partial charge in [0.2, 0.25) is 0 Å². The molecule has 28 heavy (non-hydrogen) atoms. The Morgan fingerprint density at radius 3 is 2.50 bits per heavy atom. The molecule has 2 aromatic carbocycles. The Balaban J connectivity index is 1.87. The monoisotopic (exact) mass is 387 g/mol. The fourth-order valence-corrected chi connectivity index (χ4v) is 2.93. The van der Waals surface area contributed by atoms with Crippen LogP contribution < -0.4 is 0 Å². The number of aromatic nitrogens is 3. The molecule has 1 N–H and O–H groups in total. The lowest BCUT2D eigenvalue weighted by Gasteiger charge is -2.33. The zero-order valence-corrected chi connectivity index (χ0v) is 15.1. The number of aliphatic hydroxyl groups is 1. The lowest BCUT2D eigenvalue weighted by molar-refractivity contribution is -0.161. The topological polar surface area (TPSA) is 77.2 Å². The van der Waals surface area contributed by atoms with Gasteiger partial charge in [0.1, 0.15) is 36.5 Å². The summed E-state index contributed by atoms with van der Waals surface area (Å²) >= 11 is 0. The standard InChI is InChI=1S/C20H19F2N3O3/c1-14(19(26)28-10-15-5-3-2-4-6-15)20(27,11-25-12-23-24-13-25)17-8-7-16(21)9-18(17)22/h2-9,12-14,27H,10-11H2,1H3/t14-,20+/m0/s1. The summed E-state index contributed by atoms with van der Waals surface area (Å²) < 4.78 is 34.5. The summed E-state index contributed by atoms with van der Waals surface area (Å²) in [7, 11) is 0. The van der Waals surface area contributed by atoms with Crippen molar-refractivity contribution in [2.24, 2.45) is 5.92 Å². The lowest BCUT2D eigenvalue weighted by atomic mass is 9.81. The molecule has 6 nitrogen and oxygen atoms in total. The number of hydrogen-bond acceptors (Lipinski definition) is 5. The maximum absolute atomic E-state index is 14.5. The van der Waals surface area contributed by atoms with E-state index in [2.05, 4.69) is 10.2 Å². The molecule has 0 radical (unpaired) electrons. The first-order valence-electron chi connectivity index (χ1n) is 8.61. The van der Waals surface area contributed by atoms with E-state index in [1.54, 1.807) is 12.1 Å². The van der Waals surface area contributed by atoms with Crippen molar-refractivity contribution < 1.29 is 23.4 Å². The van der Waals surface area contributed by atoms with Gasteiger partial charge in [-0.1, -0.05) is 36.4 Å². The molecule has 0 fully saturated rings. The van der Waals surface area contributed by atoms with Crippen molar-refractivity contribution in [3.05, 3.63) is 83.9 Å². The maximum atomic E-state index is 14.5. The van der Waals surface area contributed by atoms with E-state index in [1.807, 2.05) is 18.2 Å². The van der Waals surface area contributed by atoms with E-state index < -0.39 is 29.1 Å². The molecule has 0 unspecified atom stereocenters. The van der Waals surface area contributed by atoms with Crippen molar-refractivity contribution in [1.29, 1.82) is 0 Å². The quantitative estimate of drug-likeness (QED) is 0.631. The van der Waals surface area contributed by atoms with E-state index in [-0.39, 0.29) is 18.7 Å². The number of carbonyl (C=O) groups is 1. The number of hydrogen-bond donors (Lipinski definition) is 1. The number of carbonyl (C=O) groups excluding carboxylic acids is 1. The van der Waals surface area contributed by atoms with Gasteiger partial charge in [0.05, 0.1) is 12.5 Å². The Bertz CT molecular complexity index is 935. The Hall–Kier alpha value is -3.13. The van der Waals surface area contributed by atoms with Crippen LogP contribution in [0, 0.1) is 17.6 Å². The number of halogens is 2. The first-order valence-corrected chi connectivity index (χ1v) is 8.61. The van der Waals surface area contributed by atoms with Crippen LogP contribution in [0.4, 0.5) is 8.78 Å². The van der Waals surface area contributed by atoms with Crippen molar-refractivity contribution in [1.82, 2.24) is 14.8 Å². The highest BCUT2D eigenvalue weighted by atomic mass is 19.1. The van der Waals surface area contributed by atoms with Gasteiger partial charge < -0.3 is 14.4 Å². The van der Waals surface area contributed by atoms with Crippen LogP contribution in [-0.4, -0.2) is 25.8 Å². The minimum absolute atomic E-state index is 0.0125. The fourth-order valence-electron chi connectivity index (χ4n) is 2.93. The molecule has 0 amide bonds. The zero-order chi connectivity index (χ0) is 20.1. The van der Waals surface area contributed by atoms with Gasteiger partial charge in [0.15, 0.2) is 0 Å². The number of rotatable bonds is 7. The summed E-state index contributed by atoms with van der Waals surface area (Å²) in [6, 6.07) is 11.8. The third-order valence-corrected chi connectivity index (χ3v) is 4.58. The molecule has 0 saturated carbocycles. The highest BCUT2D eigenvalue weighted by molar-refractivity contribution is 5.74.